The summed E-state index contributed by atoms with van der Waals surface area (Å²) in [6, 6.07) is 5.01. The molecule has 2 heterocycles. The van der Waals surface area contributed by atoms with E-state index >= 15 is 0 Å². The molecule has 2 rings (SSSR count). The molecule has 0 saturated carbocycles. The molecule has 0 spiro atoms. The Balaban J connectivity index is 2.86. The molecule has 0 fully saturated rings. The van der Waals surface area contributed by atoms with E-state index in [1.807, 2.05) is 13.0 Å². The lowest BCUT2D eigenvalue weighted by Gasteiger charge is -2.05. The highest BCUT2D eigenvalue weighted by Crippen LogP contribution is 2.25. The number of rotatable bonds is 1. The molecular formula is C9H10BrN3O. The van der Waals surface area contributed by atoms with Gasteiger partial charge in [-0.1, -0.05) is 6.07 Å². The summed E-state index contributed by atoms with van der Waals surface area (Å²) in [5.74, 6) is 0.790. The van der Waals surface area contributed by atoms with Crippen LogP contribution in [-0.2, 0) is 0 Å². The molecule has 4 nitrogen and oxygen atoms in total. The molecule has 2 aromatic heterocycles. The second-order valence-electron chi connectivity index (χ2n) is 3.15. The van der Waals surface area contributed by atoms with Gasteiger partial charge in [-0.25, -0.2) is 4.98 Å². The van der Waals surface area contributed by atoms with E-state index in [9.17, 15) is 5.11 Å². The molecule has 0 bridgehead atoms. The largest absolute Gasteiger partial charge is 0.494 e. The summed E-state index contributed by atoms with van der Waals surface area (Å²) in [7, 11) is 0. The van der Waals surface area contributed by atoms with Crippen LogP contribution in [0.3, 0.4) is 0 Å². The van der Waals surface area contributed by atoms with Gasteiger partial charge in [0.2, 0.25) is 0 Å². The second-order valence-corrected chi connectivity index (χ2v) is 3.91. The first-order chi connectivity index (χ1) is 6.61. The van der Waals surface area contributed by atoms with Crippen LogP contribution in [0.2, 0.25) is 0 Å². The molecule has 0 aliphatic heterocycles. The number of hydrogen-bond donors (Lipinski definition) is 2. The molecule has 0 amide bonds. The average molecular weight is 256 g/mol. The van der Waals surface area contributed by atoms with Crippen molar-refractivity contribution < 1.29 is 5.11 Å². The van der Waals surface area contributed by atoms with Gasteiger partial charge in [0.1, 0.15) is 10.4 Å². The van der Waals surface area contributed by atoms with Gasteiger partial charge in [0, 0.05) is 0 Å². The van der Waals surface area contributed by atoms with Crippen molar-refractivity contribution in [1.29, 1.82) is 0 Å². The van der Waals surface area contributed by atoms with E-state index < -0.39 is 0 Å². The van der Waals surface area contributed by atoms with E-state index in [2.05, 4.69) is 20.9 Å². The van der Waals surface area contributed by atoms with Gasteiger partial charge in [-0.15, -0.1) is 0 Å². The number of pyridine rings is 1. The Hall–Kier alpha value is -1.07. The highest BCUT2D eigenvalue weighted by molar-refractivity contribution is 9.10. The van der Waals surface area contributed by atoms with Crippen LogP contribution in [-0.4, -0.2) is 14.5 Å². The maximum atomic E-state index is 9.66. The fourth-order valence-corrected chi connectivity index (χ4v) is 1.90. The maximum Gasteiger partial charge on any atom is 0.197 e. The van der Waals surface area contributed by atoms with E-state index in [0.717, 1.165) is 5.52 Å². The lowest BCUT2D eigenvalue weighted by molar-refractivity contribution is 0.440. The number of aromatic nitrogens is 2. The summed E-state index contributed by atoms with van der Waals surface area (Å²) < 4.78 is 2.33. The Morgan fingerprint density at radius 1 is 1.57 bits per heavy atom. The molecule has 14 heavy (non-hydrogen) atoms. The molecule has 0 aliphatic carbocycles. The van der Waals surface area contributed by atoms with Crippen LogP contribution in [0, 0.1) is 0 Å². The van der Waals surface area contributed by atoms with Crippen LogP contribution < -0.4 is 5.73 Å². The average Bonchev–Trinajstić information content (AvgIpc) is 2.46. The lowest BCUT2D eigenvalue weighted by atomic mass is 10.3. The number of aromatic hydroxyl groups is 1. The molecular weight excluding hydrogens is 246 g/mol. The number of imidazole rings is 1. The SMILES string of the molecule is CC(N)c1nc(Br)c2cccc(O)n12. The molecule has 1 atom stereocenters. The van der Waals surface area contributed by atoms with Crippen molar-refractivity contribution in [3.63, 3.8) is 0 Å². The first-order valence-electron chi connectivity index (χ1n) is 4.22. The summed E-state index contributed by atoms with van der Waals surface area (Å²) in [5, 5.41) is 9.66. The third-order valence-corrected chi connectivity index (χ3v) is 2.61. The molecule has 0 radical (unpaired) electrons. The van der Waals surface area contributed by atoms with Crippen molar-refractivity contribution in [1.82, 2.24) is 9.38 Å². The minimum absolute atomic E-state index is 0.146. The van der Waals surface area contributed by atoms with Gasteiger partial charge in [0.15, 0.2) is 5.88 Å². The zero-order valence-corrected chi connectivity index (χ0v) is 9.19. The molecule has 3 N–H and O–H groups in total. The van der Waals surface area contributed by atoms with Crippen LogP contribution in [0.4, 0.5) is 0 Å². The number of hydrogen-bond acceptors (Lipinski definition) is 3. The third kappa shape index (κ3) is 1.29. The molecule has 74 valence electrons. The van der Waals surface area contributed by atoms with Gasteiger partial charge in [-0.05, 0) is 35.0 Å². The van der Waals surface area contributed by atoms with E-state index in [1.165, 1.54) is 0 Å². The fraction of sp³-hybridized carbons (Fsp3) is 0.222. The summed E-state index contributed by atoms with van der Waals surface area (Å²) >= 11 is 3.32. The van der Waals surface area contributed by atoms with Crippen molar-refractivity contribution in [3.8, 4) is 5.88 Å². The van der Waals surface area contributed by atoms with Crippen molar-refractivity contribution in [2.75, 3.05) is 0 Å². The zero-order valence-electron chi connectivity index (χ0n) is 7.61. The zero-order chi connectivity index (χ0) is 10.3. The van der Waals surface area contributed by atoms with Gasteiger partial charge in [0.05, 0.1) is 11.6 Å². The topological polar surface area (TPSA) is 63.5 Å². The predicted molar refractivity (Wildman–Crippen MR) is 57.2 cm³/mol. The van der Waals surface area contributed by atoms with Crippen LogP contribution >= 0.6 is 15.9 Å². The number of nitrogens with two attached hydrogens (primary N) is 1. The normalized spacial score (nSPS) is 13.4. The summed E-state index contributed by atoms with van der Waals surface area (Å²) in [6.07, 6.45) is 0. The van der Waals surface area contributed by atoms with Gasteiger partial charge < -0.3 is 10.8 Å². The molecule has 0 aromatic carbocycles. The Labute approximate surface area is 89.5 Å². The Morgan fingerprint density at radius 3 is 2.93 bits per heavy atom. The van der Waals surface area contributed by atoms with Gasteiger partial charge >= 0.3 is 0 Å². The van der Waals surface area contributed by atoms with Crippen molar-refractivity contribution >= 4 is 21.4 Å². The second kappa shape index (κ2) is 3.25. The number of fused-ring (bicyclic) bond motifs is 1. The maximum absolute atomic E-state index is 9.66. The Kier molecular flexibility index (Phi) is 2.20. The lowest BCUT2D eigenvalue weighted by Crippen LogP contribution is -2.09. The standard InChI is InChI=1S/C9H10BrN3O/c1-5(11)9-12-8(10)6-3-2-4-7(14)13(6)9/h2-5,14H,11H2,1H3. The summed E-state index contributed by atoms with van der Waals surface area (Å²) in [4.78, 5) is 4.24. The van der Waals surface area contributed by atoms with E-state index in [0.29, 0.717) is 10.4 Å². The van der Waals surface area contributed by atoms with Crippen LogP contribution in [0.15, 0.2) is 22.8 Å². The van der Waals surface area contributed by atoms with Crippen LogP contribution in [0.5, 0.6) is 5.88 Å². The van der Waals surface area contributed by atoms with E-state index in [1.54, 1.807) is 16.5 Å². The van der Waals surface area contributed by atoms with Crippen molar-refractivity contribution in [3.05, 3.63) is 28.6 Å². The molecule has 0 aliphatic rings. The van der Waals surface area contributed by atoms with Crippen molar-refractivity contribution in [2.24, 2.45) is 5.73 Å². The third-order valence-electron chi connectivity index (χ3n) is 2.03. The molecule has 1 unspecified atom stereocenters. The molecule has 5 heteroatoms. The van der Waals surface area contributed by atoms with Crippen molar-refractivity contribution in [2.45, 2.75) is 13.0 Å². The first kappa shape index (κ1) is 9.48. The quantitative estimate of drug-likeness (QED) is 0.818. The van der Waals surface area contributed by atoms with E-state index in [4.69, 9.17) is 5.73 Å². The Bertz CT molecular complexity index is 478. The summed E-state index contributed by atoms with van der Waals surface area (Å²) in [5.41, 5.74) is 6.56. The molecule has 0 saturated heterocycles. The number of nitrogens with zero attached hydrogens (tertiary/aromatic N) is 2. The molecule has 2 aromatic rings. The van der Waals surface area contributed by atoms with Crippen LogP contribution in [0.25, 0.3) is 5.52 Å². The van der Waals surface area contributed by atoms with Crippen LogP contribution in [0.1, 0.15) is 18.8 Å². The van der Waals surface area contributed by atoms with Gasteiger partial charge in [0.25, 0.3) is 0 Å². The predicted octanol–water partition coefficient (Wildman–Crippen LogP) is 1.82. The van der Waals surface area contributed by atoms with Gasteiger partial charge in [-0.2, -0.15) is 0 Å². The highest BCUT2D eigenvalue weighted by atomic mass is 79.9. The van der Waals surface area contributed by atoms with E-state index in [-0.39, 0.29) is 11.9 Å². The minimum Gasteiger partial charge on any atom is -0.494 e. The van der Waals surface area contributed by atoms with Gasteiger partial charge in [-0.3, -0.25) is 4.40 Å². The minimum atomic E-state index is -0.220. The Morgan fingerprint density at radius 2 is 2.29 bits per heavy atom. The summed E-state index contributed by atoms with van der Waals surface area (Å²) in [6.45, 7) is 1.83. The monoisotopic (exact) mass is 255 g/mol. The number of halogens is 1. The first-order valence-corrected chi connectivity index (χ1v) is 5.02. The smallest absolute Gasteiger partial charge is 0.197 e. The fourth-order valence-electron chi connectivity index (χ4n) is 1.41. The highest BCUT2D eigenvalue weighted by Gasteiger charge is 2.14.